The average Bonchev–Trinajstić information content (AvgIpc) is 2.52. The van der Waals surface area contributed by atoms with Crippen LogP contribution in [0.15, 0.2) is 4.52 Å². The van der Waals surface area contributed by atoms with Crippen molar-refractivity contribution in [3.8, 4) is 0 Å². The lowest BCUT2D eigenvalue weighted by Crippen LogP contribution is -2.25. The molecule has 0 fully saturated rings. The summed E-state index contributed by atoms with van der Waals surface area (Å²) in [5, 5.41) is 3.67. The van der Waals surface area contributed by atoms with Crippen molar-refractivity contribution in [2.24, 2.45) is 0 Å². The van der Waals surface area contributed by atoms with Crippen molar-refractivity contribution in [1.29, 1.82) is 0 Å². The summed E-state index contributed by atoms with van der Waals surface area (Å²) in [7, 11) is 0. The number of aromatic nitrogens is 2. The zero-order chi connectivity index (χ0) is 10.4. The second kappa shape index (κ2) is 5.75. The van der Waals surface area contributed by atoms with Crippen LogP contribution in [0, 0.1) is 6.92 Å². The van der Waals surface area contributed by atoms with Gasteiger partial charge in [0, 0.05) is 6.92 Å². The van der Waals surface area contributed by atoms with Crippen LogP contribution in [0.1, 0.15) is 38.4 Å². The standard InChI is InChI=1S/C10H18N3O/c1-4-6-13(7-5-2)8-10-11-9(3)12-14-10/h3-8H2,1-2H3. The van der Waals surface area contributed by atoms with Gasteiger partial charge in [0.05, 0.1) is 6.54 Å². The third kappa shape index (κ3) is 3.46. The van der Waals surface area contributed by atoms with Crippen molar-refractivity contribution in [2.45, 2.75) is 33.2 Å². The normalized spacial score (nSPS) is 11.1. The molecule has 0 atom stereocenters. The SMILES string of the molecule is [CH2]c1noc(CN(CCC)CCC)n1. The number of hydrogen-bond acceptors (Lipinski definition) is 4. The van der Waals surface area contributed by atoms with Crippen molar-refractivity contribution in [2.75, 3.05) is 13.1 Å². The van der Waals surface area contributed by atoms with Crippen molar-refractivity contribution in [1.82, 2.24) is 15.0 Å². The summed E-state index contributed by atoms with van der Waals surface area (Å²) in [6, 6.07) is 0. The van der Waals surface area contributed by atoms with E-state index in [-0.39, 0.29) is 0 Å². The molecule has 1 heterocycles. The van der Waals surface area contributed by atoms with Crippen molar-refractivity contribution >= 4 is 0 Å². The van der Waals surface area contributed by atoms with Gasteiger partial charge in [-0.1, -0.05) is 19.0 Å². The largest absolute Gasteiger partial charge is 0.338 e. The van der Waals surface area contributed by atoms with Crippen LogP contribution in [0.4, 0.5) is 0 Å². The number of rotatable bonds is 6. The van der Waals surface area contributed by atoms with Crippen LogP contribution in [0.5, 0.6) is 0 Å². The van der Waals surface area contributed by atoms with Gasteiger partial charge >= 0.3 is 0 Å². The molecule has 1 rings (SSSR count). The lowest BCUT2D eigenvalue weighted by atomic mass is 10.3. The van der Waals surface area contributed by atoms with E-state index >= 15 is 0 Å². The molecule has 0 aliphatic heterocycles. The minimum Gasteiger partial charge on any atom is -0.338 e. The molecule has 0 saturated heterocycles. The van der Waals surface area contributed by atoms with E-state index in [9.17, 15) is 0 Å². The summed E-state index contributed by atoms with van der Waals surface area (Å²) in [4.78, 5) is 6.40. The Balaban J connectivity index is 2.46. The lowest BCUT2D eigenvalue weighted by molar-refractivity contribution is 0.227. The monoisotopic (exact) mass is 196 g/mol. The molecule has 1 aromatic rings. The second-order valence-electron chi connectivity index (χ2n) is 3.38. The summed E-state index contributed by atoms with van der Waals surface area (Å²) in [6.45, 7) is 10.8. The summed E-state index contributed by atoms with van der Waals surface area (Å²) < 4.78 is 5.02. The molecular weight excluding hydrogens is 178 g/mol. The molecule has 1 radical (unpaired) electrons. The molecule has 14 heavy (non-hydrogen) atoms. The van der Waals surface area contributed by atoms with Crippen LogP contribution in [0.25, 0.3) is 0 Å². The van der Waals surface area contributed by atoms with Crippen LogP contribution in [0.2, 0.25) is 0 Å². The Bertz CT molecular complexity index is 254. The van der Waals surface area contributed by atoms with E-state index in [1.807, 2.05) is 0 Å². The maximum atomic E-state index is 5.02. The molecule has 4 nitrogen and oxygen atoms in total. The Morgan fingerprint density at radius 3 is 2.36 bits per heavy atom. The van der Waals surface area contributed by atoms with Crippen LogP contribution < -0.4 is 0 Å². The first-order chi connectivity index (χ1) is 6.76. The van der Waals surface area contributed by atoms with Crippen molar-refractivity contribution in [3.05, 3.63) is 18.6 Å². The summed E-state index contributed by atoms with van der Waals surface area (Å²) in [5.74, 6) is 1.13. The van der Waals surface area contributed by atoms with Gasteiger partial charge in [0.25, 0.3) is 0 Å². The van der Waals surface area contributed by atoms with Gasteiger partial charge in [0.15, 0.2) is 5.82 Å². The van der Waals surface area contributed by atoms with E-state index in [0.717, 1.165) is 32.5 Å². The van der Waals surface area contributed by atoms with E-state index in [2.05, 4.69) is 35.8 Å². The van der Waals surface area contributed by atoms with Crippen LogP contribution in [-0.2, 0) is 6.54 Å². The molecule has 4 heteroatoms. The molecule has 1 aromatic heterocycles. The minimum atomic E-state index is 0.466. The third-order valence-electron chi connectivity index (χ3n) is 1.95. The Kier molecular flexibility index (Phi) is 4.59. The van der Waals surface area contributed by atoms with E-state index in [1.165, 1.54) is 0 Å². The topological polar surface area (TPSA) is 42.2 Å². The van der Waals surface area contributed by atoms with Gasteiger partial charge in [-0.3, -0.25) is 4.90 Å². The van der Waals surface area contributed by atoms with Gasteiger partial charge in [0.2, 0.25) is 5.89 Å². The highest BCUT2D eigenvalue weighted by Gasteiger charge is 2.08. The molecule has 0 N–H and O–H groups in total. The van der Waals surface area contributed by atoms with Gasteiger partial charge in [-0.25, -0.2) is 0 Å². The van der Waals surface area contributed by atoms with Gasteiger partial charge in [-0.05, 0) is 25.9 Å². The van der Waals surface area contributed by atoms with Gasteiger partial charge in [0.1, 0.15) is 0 Å². The summed E-state index contributed by atoms with van der Waals surface area (Å²) >= 11 is 0. The molecule has 0 bridgehead atoms. The zero-order valence-electron chi connectivity index (χ0n) is 8.99. The predicted octanol–water partition coefficient (Wildman–Crippen LogP) is 1.87. The number of nitrogens with zero attached hydrogens (tertiary/aromatic N) is 3. The first-order valence-corrected chi connectivity index (χ1v) is 5.13. The average molecular weight is 196 g/mol. The lowest BCUT2D eigenvalue weighted by Gasteiger charge is -2.18. The molecule has 0 aliphatic rings. The first kappa shape index (κ1) is 11.2. The van der Waals surface area contributed by atoms with Gasteiger partial charge < -0.3 is 4.52 Å². The fraction of sp³-hybridized carbons (Fsp3) is 0.700. The quantitative estimate of drug-likeness (QED) is 0.696. The second-order valence-corrected chi connectivity index (χ2v) is 3.38. The molecule has 0 spiro atoms. The van der Waals surface area contributed by atoms with Gasteiger partial charge in [-0.2, -0.15) is 4.98 Å². The minimum absolute atomic E-state index is 0.466. The summed E-state index contributed by atoms with van der Waals surface area (Å²) in [5.41, 5.74) is 0. The smallest absolute Gasteiger partial charge is 0.240 e. The van der Waals surface area contributed by atoms with Crippen LogP contribution in [0.3, 0.4) is 0 Å². The third-order valence-corrected chi connectivity index (χ3v) is 1.95. The molecule has 79 valence electrons. The van der Waals surface area contributed by atoms with E-state index in [4.69, 9.17) is 4.52 Å². The maximum Gasteiger partial charge on any atom is 0.240 e. The van der Waals surface area contributed by atoms with E-state index in [0.29, 0.717) is 11.7 Å². The zero-order valence-corrected chi connectivity index (χ0v) is 8.99. The molecule has 0 saturated carbocycles. The van der Waals surface area contributed by atoms with Gasteiger partial charge in [-0.15, -0.1) is 0 Å². The Hall–Kier alpha value is -0.900. The Morgan fingerprint density at radius 2 is 1.93 bits per heavy atom. The Morgan fingerprint density at radius 1 is 1.29 bits per heavy atom. The van der Waals surface area contributed by atoms with E-state index in [1.54, 1.807) is 0 Å². The summed E-state index contributed by atoms with van der Waals surface area (Å²) in [6.07, 6.45) is 2.29. The highest BCUT2D eigenvalue weighted by molar-refractivity contribution is 4.88. The highest BCUT2D eigenvalue weighted by Crippen LogP contribution is 2.03. The first-order valence-electron chi connectivity index (χ1n) is 5.13. The van der Waals surface area contributed by atoms with Crippen molar-refractivity contribution in [3.63, 3.8) is 0 Å². The molecule has 0 unspecified atom stereocenters. The maximum absolute atomic E-state index is 5.02. The fourth-order valence-electron chi connectivity index (χ4n) is 1.45. The predicted molar refractivity (Wildman–Crippen MR) is 54.6 cm³/mol. The molecule has 0 amide bonds. The molecular formula is C10H18N3O. The Labute approximate surface area is 85.3 Å². The van der Waals surface area contributed by atoms with E-state index < -0.39 is 0 Å². The van der Waals surface area contributed by atoms with Crippen molar-refractivity contribution < 1.29 is 4.52 Å². The van der Waals surface area contributed by atoms with Crippen LogP contribution in [-0.4, -0.2) is 28.1 Å². The molecule has 0 aromatic carbocycles. The number of hydrogen-bond donors (Lipinski definition) is 0. The van der Waals surface area contributed by atoms with Crippen LogP contribution >= 0.6 is 0 Å². The fourth-order valence-corrected chi connectivity index (χ4v) is 1.45. The highest BCUT2D eigenvalue weighted by atomic mass is 16.5. The molecule has 0 aliphatic carbocycles.